The Kier molecular flexibility index (Phi) is 4.94. The molecule has 2 heterocycles. The maximum Gasteiger partial charge on any atom is 0.221 e. The lowest BCUT2D eigenvalue weighted by Gasteiger charge is -2.18. The van der Waals surface area contributed by atoms with Crippen molar-refractivity contribution in [1.82, 2.24) is 14.7 Å². The van der Waals surface area contributed by atoms with Crippen molar-refractivity contribution in [1.29, 1.82) is 0 Å². The fourth-order valence-corrected chi connectivity index (χ4v) is 2.86. The molecule has 2 aromatic heterocycles. The number of imidazole rings is 1. The first kappa shape index (κ1) is 16.2. The molecule has 0 aliphatic rings. The molecule has 0 saturated carbocycles. The number of carbonyl (C=O) groups is 1. The van der Waals surface area contributed by atoms with Gasteiger partial charge in [-0.2, -0.15) is 0 Å². The van der Waals surface area contributed by atoms with Gasteiger partial charge in [0, 0.05) is 31.3 Å². The molecule has 3 aromatic rings. The summed E-state index contributed by atoms with van der Waals surface area (Å²) in [7, 11) is 0. The van der Waals surface area contributed by atoms with E-state index in [9.17, 15) is 4.79 Å². The molecule has 1 N–H and O–H groups in total. The Bertz CT molecular complexity index is 808. The van der Waals surface area contributed by atoms with E-state index in [2.05, 4.69) is 40.7 Å². The molecule has 0 radical (unpaired) electrons. The number of benzene rings is 1. The summed E-state index contributed by atoms with van der Waals surface area (Å²) < 4.78 is 2.06. The van der Waals surface area contributed by atoms with Crippen molar-refractivity contribution in [3.8, 4) is 0 Å². The minimum atomic E-state index is -0.0178. The van der Waals surface area contributed by atoms with E-state index in [4.69, 9.17) is 0 Å². The van der Waals surface area contributed by atoms with Gasteiger partial charge in [0.1, 0.15) is 5.65 Å². The molecule has 4 nitrogen and oxygen atoms in total. The summed E-state index contributed by atoms with van der Waals surface area (Å²) in [5, 5.41) is 3.02. The highest BCUT2D eigenvalue weighted by molar-refractivity contribution is 5.77. The van der Waals surface area contributed by atoms with Gasteiger partial charge >= 0.3 is 0 Å². The molecule has 1 unspecified atom stereocenters. The van der Waals surface area contributed by atoms with Gasteiger partial charge < -0.3 is 9.72 Å². The molecular formula is C20H23N3O. The molecule has 1 amide bonds. The van der Waals surface area contributed by atoms with Crippen molar-refractivity contribution >= 4 is 11.6 Å². The van der Waals surface area contributed by atoms with Crippen molar-refractivity contribution in [2.24, 2.45) is 5.92 Å². The lowest BCUT2D eigenvalue weighted by atomic mass is 9.92. The first-order valence-electron chi connectivity index (χ1n) is 8.39. The zero-order valence-electron chi connectivity index (χ0n) is 14.1. The van der Waals surface area contributed by atoms with E-state index in [0.717, 1.165) is 16.9 Å². The predicted molar refractivity (Wildman–Crippen MR) is 95.9 cm³/mol. The van der Waals surface area contributed by atoms with E-state index in [1.165, 1.54) is 0 Å². The third-order valence-electron chi connectivity index (χ3n) is 4.10. The van der Waals surface area contributed by atoms with Crippen LogP contribution in [0.2, 0.25) is 0 Å². The lowest BCUT2D eigenvalue weighted by molar-refractivity contribution is -0.121. The molecule has 0 saturated heterocycles. The zero-order valence-corrected chi connectivity index (χ0v) is 14.1. The van der Waals surface area contributed by atoms with E-state index in [1.54, 1.807) is 0 Å². The average Bonchev–Trinajstić information content (AvgIpc) is 3.02. The number of aromatic nitrogens is 2. The van der Waals surface area contributed by atoms with E-state index in [0.29, 0.717) is 18.9 Å². The number of pyridine rings is 1. The van der Waals surface area contributed by atoms with Gasteiger partial charge in [-0.25, -0.2) is 4.98 Å². The first-order valence-corrected chi connectivity index (χ1v) is 8.39. The van der Waals surface area contributed by atoms with Crippen LogP contribution in [0.5, 0.6) is 0 Å². The highest BCUT2D eigenvalue weighted by Crippen LogP contribution is 2.28. The third kappa shape index (κ3) is 3.65. The fourth-order valence-electron chi connectivity index (χ4n) is 2.86. The SMILES string of the molecule is CC(C)CNC(=O)CC(c1ccccc1)c1cnc2ccccn12. The molecule has 0 fully saturated rings. The van der Waals surface area contributed by atoms with Crippen molar-refractivity contribution in [2.45, 2.75) is 26.2 Å². The molecule has 0 spiro atoms. The van der Waals surface area contributed by atoms with Gasteiger partial charge in [-0.1, -0.05) is 50.2 Å². The number of carbonyl (C=O) groups excluding carboxylic acids is 1. The maximum absolute atomic E-state index is 12.4. The molecule has 0 aliphatic carbocycles. The molecule has 0 aliphatic heterocycles. The van der Waals surface area contributed by atoms with Crippen LogP contribution >= 0.6 is 0 Å². The Labute approximate surface area is 142 Å². The number of hydrogen-bond acceptors (Lipinski definition) is 2. The van der Waals surface area contributed by atoms with Crippen LogP contribution in [0.1, 0.15) is 37.4 Å². The molecule has 1 atom stereocenters. The Morgan fingerprint density at radius 1 is 1.12 bits per heavy atom. The topological polar surface area (TPSA) is 46.4 Å². The molecule has 24 heavy (non-hydrogen) atoms. The Morgan fingerprint density at radius 2 is 1.88 bits per heavy atom. The minimum Gasteiger partial charge on any atom is -0.356 e. The van der Waals surface area contributed by atoms with E-state index in [-0.39, 0.29) is 11.8 Å². The van der Waals surface area contributed by atoms with E-state index < -0.39 is 0 Å². The average molecular weight is 321 g/mol. The Hall–Kier alpha value is -2.62. The van der Waals surface area contributed by atoms with Crippen molar-refractivity contribution in [2.75, 3.05) is 6.54 Å². The second-order valence-corrected chi connectivity index (χ2v) is 6.48. The Balaban J connectivity index is 1.92. The summed E-state index contributed by atoms with van der Waals surface area (Å²) in [6.07, 6.45) is 4.29. The highest BCUT2D eigenvalue weighted by atomic mass is 16.1. The van der Waals surface area contributed by atoms with Crippen LogP contribution in [-0.4, -0.2) is 21.8 Å². The van der Waals surface area contributed by atoms with Crippen LogP contribution in [0.4, 0.5) is 0 Å². The van der Waals surface area contributed by atoms with Gasteiger partial charge in [0.05, 0.1) is 5.69 Å². The monoisotopic (exact) mass is 321 g/mol. The van der Waals surface area contributed by atoms with Crippen LogP contribution < -0.4 is 5.32 Å². The summed E-state index contributed by atoms with van der Waals surface area (Å²) in [6.45, 7) is 4.90. The summed E-state index contributed by atoms with van der Waals surface area (Å²) in [5.74, 6) is 0.499. The van der Waals surface area contributed by atoms with Crippen molar-refractivity contribution in [3.05, 3.63) is 72.2 Å². The summed E-state index contributed by atoms with van der Waals surface area (Å²) in [6, 6.07) is 16.1. The van der Waals surface area contributed by atoms with Crippen LogP contribution in [0.3, 0.4) is 0 Å². The van der Waals surface area contributed by atoms with Crippen LogP contribution in [0.25, 0.3) is 5.65 Å². The molecular weight excluding hydrogens is 298 g/mol. The minimum absolute atomic E-state index is 0.0178. The normalized spacial score (nSPS) is 12.5. The van der Waals surface area contributed by atoms with E-state index >= 15 is 0 Å². The summed E-state index contributed by atoms with van der Waals surface area (Å²) in [5.41, 5.74) is 3.07. The number of hydrogen-bond donors (Lipinski definition) is 1. The van der Waals surface area contributed by atoms with Gasteiger partial charge in [-0.05, 0) is 23.6 Å². The number of amides is 1. The second-order valence-electron chi connectivity index (χ2n) is 6.48. The third-order valence-corrected chi connectivity index (χ3v) is 4.10. The van der Waals surface area contributed by atoms with Gasteiger partial charge in [0.2, 0.25) is 5.91 Å². The van der Waals surface area contributed by atoms with Crippen LogP contribution in [0, 0.1) is 5.92 Å². The number of fused-ring (bicyclic) bond motifs is 1. The number of rotatable bonds is 6. The summed E-state index contributed by atoms with van der Waals surface area (Å²) in [4.78, 5) is 16.9. The van der Waals surface area contributed by atoms with Gasteiger partial charge in [-0.3, -0.25) is 4.79 Å². The highest BCUT2D eigenvalue weighted by Gasteiger charge is 2.21. The standard InChI is InChI=1S/C20H23N3O/c1-15(2)13-22-20(24)12-17(16-8-4-3-5-9-16)18-14-21-19-10-6-7-11-23(18)19/h3-11,14-15,17H,12-13H2,1-2H3,(H,22,24). The number of nitrogens with one attached hydrogen (secondary N) is 1. The Morgan fingerprint density at radius 3 is 2.62 bits per heavy atom. The molecule has 3 rings (SSSR count). The number of nitrogens with zero attached hydrogens (tertiary/aromatic N) is 2. The second kappa shape index (κ2) is 7.30. The zero-order chi connectivity index (χ0) is 16.9. The van der Waals surface area contributed by atoms with E-state index in [1.807, 2.05) is 48.8 Å². The molecule has 0 bridgehead atoms. The fraction of sp³-hybridized carbons (Fsp3) is 0.300. The van der Waals surface area contributed by atoms with Crippen LogP contribution in [-0.2, 0) is 4.79 Å². The van der Waals surface area contributed by atoms with Crippen molar-refractivity contribution < 1.29 is 4.79 Å². The van der Waals surface area contributed by atoms with Gasteiger partial charge in [-0.15, -0.1) is 0 Å². The summed E-state index contributed by atoms with van der Waals surface area (Å²) >= 11 is 0. The lowest BCUT2D eigenvalue weighted by Crippen LogP contribution is -2.29. The maximum atomic E-state index is 12.4. The first-order chi connectivity index (χ1) is 11.6. The van der Waals surface area contributed by atoms with Gasteiger partial charge in [0.25, 0.3) is 0 Å². The quantitative estimate of drug-likeness (QED) is 0.753. The predicted octanol–water partition coefficient (Wildman–Crippen LogP) is 3.63. The van der Waals surface area contributed by atoms with Crippen LogP contribution in [0.15, 0.2) is 60.9 Å². The smallest absolute Gasteiger partial charge is 0.221 e. The molecule has 1 aromatic carbocycles. The largest absolute Gasteiger partial charge is 0.356 e. The molecule has 4 heteroatoms. The van der Waals surface area contributed by atoms with Crippen molar-refractivity contribution in [3.63, 3.8) is 0 Å². The van der Waals surface area contributed by atoms with Gasteiger partial charge in [0.15, 0.2) is 0 Å². The molecule has 124 valence electrons.